The molecule has 16 heavy (non-hydrogen) atoms. The minimum atomic E-state index is 0.308. The molecular formula is C13H23N3. The maximum Gasteiger partial charge on any atom is 0.0670 e. The molecule has 1 aliphatic rings. The molecule has 2 N–H and O–H groups in total. The monoisotopic (exact) mass is 221 g/mol. The molecule has 0 aliphatic heterocycles. The molecule has 0 bridgehead atoms. The van der Waals surface area contributed by atoms with Crippen LogP contribution in [0.3, 0.4) is 0 Å². The van der Waals surface area contributed by atoms with E-state index in [0.29, 0.717) is 12.0 Å². The summed E-state index contributed by atoms with van der Waals surface area (Å²) < 4.78 is 1.88. The van der Waals surface area contributed by atoms with E-state index in [2.05, 4.69) is 18.1 Å². The van der Waals surface area contributed by atoms with E-state index in [-0.39, 0.29) is 0 Å². The van der Waals surface area contributed by atoms with Crippen LogP contribution < -0.4 is 5.73 Å². The Morgan fingerprint density at radius 1 is 1.50 bits per heavy atom. The summed E-state index contributed by atoms with van der Waals surface area (Å²) in [5.41, 5.74) is 7.42. The van der Waals surface area contributed by atoms with Gasteiger partial charge in [-0.05, 0) is 31.2 Å². The van der Waals surface area contributed by atoms with E-state index in [9.17, 15) is 0 Å². The Morgan fingerprint density at radius 3 is 2.94 bits per heavy atom. The zero-order valence-electron chi connectivity index (χ0n) is 10.4. The molecule has 0 aromatic carbocycles. The summed E-state index contributed by atoms with van der Waals surface area (Å²) in [5, 5.41) is 4.52. The fourth-order valence-corrected chi connectivity index (χ4v) is 2.92. The number of aromatic nitrogens is 2. The standard InChI is InChI=1S/C13H23N3/c1-3-4-10-5-6-12(14)11(9-10)13-7-8-16(2)15-13/h7-8,10-12H,3-6,9,14H2,1-2H3. The summed E-state index contributed by atoms with van der Waals surface area (Å²) in [4.78, 5) is 0. The van der Waals surface area contributed by atoms with Crippen LogP contribution in [0.1, 0.15) is 50.6 Å². The Balaban J connectivity index is 2.06. The highest BCUT2D eigenvalue weighted by molar-refractivity contribution is 5.11. The van der Waals surface area contributed by atoms with Gasteiger partial charge in [0.25, 0.3) is 0 Å². The van der Waals surface area contributed by atoms with Gasteiger partial charge >= 0.3 is 0 Å². The second-order valence-electron chi connectivity index (χ2n) is 5.15. The van der Waals surface area contributed by atoms with Gasteiger partial charge in [0, 0.05) is 25.2 Å². The molecule has 1 aromatic heterocycles. The van der Waals surface area contributed by atoms with E-state index in [0.717, 1.165) is 12.3 Å². The number of hydrogen-bond donors (Lipinski definition) is 1. The number of rotatable bonds is 3. The fourth-order valence-electron chi connectivity index (χ4n) is 2.92. The molecule has 3 unspecified atom stereocenters. The van der Waals surface area contributed by atoms with Crippen LogP contribution in [0.2, 0.25) is 0 Å². The first kappa shape index (κ1) is 11.6. The summed E-state index contributed by atoms with van der Waals surface area (Å²) in [6.07, 6.45) is 8.34. The summed E-state index contributed by atoms with van der Waals surface area (Å²) >= 11 is 0. The quantitative estimate of drug-likeness (QED) is 0.852. The third kappa shape index (κ3) is 2.46. The van der Waals surface area contributed by atoms with Gasteiger partial charge in [-0.15, -0.1) is 0 Å². The van der Waals surface area contributed by atoms with Gasteiger partial charge in [-0.1, -0.05) is 19.8 Å². The molecule has 1 fully saturated rings. The van der Waals surface area contributed by atoms with Crippen LogP contribution in [0.5, 0.6) is 0 Å². The van der Waals surface area contributed by atoms with Gasteiger partial charge in [0.1, 0.15) is 0 Å². The molecule has 0 radical (unpaired) electrons. The SMILES string of the molecule is CCCC1CCC(N)C(c2ccn(C)n2)C1. The van der Waals surface area contributed by atoms with Crippen LogP contribution in [0.4, 0.5) is 0 Å². The molecule has 1 aromatic rings. The van der Waals surface area contributed by atoms with Crippen molar-refractivity contribution in [2.24, 2.45) is 18.7 Å². The average molecular weight is 221 g/mol. The van der Waals surface area contributed by atoms with Crippen molar-refractivity contribution in [1.82, 2.24) is 9.78 Å². The molecule has 3 nitrogen and oxygen atoms in total. The highest BCUT2D eigenvalue weighted by atomic mass is 15.2. The third-order valence-electron chi connectivity index (χ3n) is 3.82. The van der Waals surface area contributed by atoms with Crippen molar-refractivity contribution in [3.63, 3.8) is 0 Å². The van der Waals surface area contributed by atoms with Crippen molar-refractivity contribution in [3.8, 4) is 0 Å². The van der Waals surface area contributed by atoms with E-state index in [1.54, 1.807) is 0 Å². The second-order valence-corrected chi connectivity index (χ2v) is 5.15. The van der Waals surface area contributed by atoms with E-state index in [4.69, 9.17) is 5.73 Å². The Kier molecular flexibility index (Phi) is 3.64. The van der Waals surface area contributed by atoms with Crippen LogP contribution in [0, 0.1) is 5.92 Å². The molecule has 3 heteroatoms. The maximum atomic E-state index is 6.23. The predicted molar refractivity (Wildman–Crippen MR) is 66.2 cm³/mol. The number of hydrogen-bond acceptors (Lipinski definition) is 2. The molecule has 0 amide bonds. The zero-order chi connectivity index (χ0) is 11.5. The van der Waals surface area contributed by atoms with Crippen molar-refractivity contribution >= 4 is 0 Å². The Morgan fingerprint density at radius 2 is 2.31 bits per heavy atom. The van der Waals surface area contributed by atoms with E-state index in [1.165, 1.54) is 31.4 Å². The van der Waals surface area contributed by atoms with Gasteiger partial charge in [0.15, 0.2) is 0 Å². The first-order valence-electron chi connectivity index (χ1n) is 6.45. The molecule has 0 saturated heterocycles. The molecule has 2 rings (SSSR count). The van der Waals surface area contributed by atoms with Gasteiger partial charge in [-0.25, -0.2) is 0 Å². The highest BCUT2D eigenvalue weighted by Gasteiger charge is 2.30. The number of nitrogens with zero attached hydrogens (tertiary/aromatic N) is 2. The van der Waals surface area contributed by atoms with Crippen molar-refractivity contribution in [2.45, 2.75) is 51.0 Å². The van der Waals surface area contributed by atoms with Crippen LogP contribution in [0.15, 0.2) is 12.3 Å². The first-order valence-corrected chi connectivity index (χ1v) is 6.45. The minimum Gasteiger partial charge on any atom is -0.327 e. The van der Waals surface area contributed by atoms with Crippen LogP contribution in [0.25, 0.3) is 0 Å². The molecule has 1 saturated carbocycles. The van der Waals surface area contributed by atoms with Crippen LogP contribution in [-0.4, -0.2) is 15.8 Å². The lowest BCUT2D eigenvalue weighted by molar-refractivity contribution is 0.270. The summed E-state index contributed by atoms with van der Waals surface area (Å²) in [7, 11) is 1.97. The highest BCUT2D eigenvalue weighted by Crippen LogP contribution is 2.36. The Hall–Kier alpha value is -0.830. The largest absolute Gasteiger partial charge is 0.327 e. The lowest BCUT2D eigenvalue weighted by Gasteiger charge is -2.33. The zero-order valence-corrected chi connectivity index (χ0v) is 10.4. The molecule has 1 heterocycles. The van der Waals surface area contributed by atoms with Gasteiger partial charge < -0.3 is 5.73 Å². The number of aryl methyl sites for hydroxylation is 1. The van der Waals surface area contributed by atoms with Gasteiger partial charge in [0.05, 0.1) is 5.69 Å². The average Bonchev–Trinajstić information content (AvgIpc) is 2.68. The molecule has 0 spiro atoms. The van der Waals surface area contributed by atoms with Crippen molar-refractivity contribution in [2.75, 3.05) is 0 Å². The second kappa shape index (κ2) is 5.00. The number of nitrogens with two attached hydrogens (primary N) is 1. The van der Waals surface area contributed by atoms with Crippen molar-refractivity contribution < 1.29 is 0 Å². The van der Waals surface area contributed by atoms with E-state index < -0.39 is 0 Å². The summed E-state index contributed by atoms with van der Waals surface area (Å²) in [6, 6.07) is 2.43. The third-order valence-corrected chi connectivity index (χ3v) is 3.82. The topological polar surface area (TPSA) is 43.8 Å². The van der Waals surface area contributed by atoms with Crippen molar-refractivity contribution in [1.29, 1.82) is 0 Å². The smallest absolute Gasteiger partial charge is 0.0670 e. The van der Waals surface area contributed by atoms with Crippen molar-refractivity contribution in [3.05, 3.63) is 18.0 Å². The lowest BCUT2D eigenvalue weighted by Crippen LogP contribution is -2.34. The minimum absolute atomic E-state index is 0.308. The normalized spacial score (nSPS) is 30.6. The van der Waals surface area contributed by atoms with Crippen LogP contribution in [-0.2, 0) is 7.05 Å². The predicted octanol–water partition coefficient (Wildman–Crippen LogP) is 2.43. The lowest BCUT2D eigenvalue weighted by atomic mass is 9.75. The van der Waals surface area contributed by atoms with Gasteiger partial charge in [-0.3, -0.25) is 4.68 Å². The maximum absolute atomic E-state index is 6.23. The molecule has 1 aliphatic carbocycles. The van der Waals surface area contributed by atoms with Crippen LogP contribution >= 0.6 is 0 Å². The molecular weight excluding hydrogens is 198 g/mol. The van der Waals surface area contributed by atoms with Gasteiger partial charge in [-0.2, -0.15) is 5.10 Å². The van der Waals surface area contributed by atoms with E-state index in [1.807, 2.05) is 17.9 Å². The van der Waals surface area contributed by atoms with E-state index >= 15 is 0 Å². The Bertz CT molecular complexity index is 332. The molecule has 90 valence electrons. The first-order chi connectivity index (χ1) is 7.70. The molecule has 3 atom stereocenters. The summed E-state index contributed by atoms with van der Waals surface area (Å²) in [5.74, 6) is 1.34. The Labute approximate surface area is 98.0 Å². The fraction of sp³-hybridized carbons (Fsp3) is 0.769. The summed E-state index contributed by atoms with van der Waals surface area (Å²) in [6.45, 7) is 2.27. The van der Waals surface area contributed by atoms with Gasteiger partial charge in [0.2, 0.25) is 0 Å².